The van der Waals surface area contributed by atoms with Crippen molar-refractivity contribution in [2.24, 2.45) is 0 Å². The van der Waals surface area contributed by atoms with Crippen molar-refractivity contribution in [1.29, 1.82) is 0 Å². The van der Waals surface area contributed by atoms with Crippen LogP contribution in [0.25, 0.3) is 0 Å². The van der Waals surface area contributed by atoms with Gasteiger partial charge in [-0.2, -0.15) is 0 Å². The van der Waals surface area contributed by atoms with Crippen molar-refractivity contribution in [2.75, 3.05) is 26.3 Å². The Bertz CT molecular complexity index is 524. The summed E-state index contributed by atoms with van der Waals surface area (Å²) in [6.07, 6.45) is 1.30. The number of morpholine rings is 1. The summed E-state index contributed by atoms with van der Waals surface area (Å²) < 4.78 is 11.1. The first-order valence-electron chi connectivity index (χ1n) is 7.26. The lowest BCUT2D eigenvalue weighted by atomic mass is 10.2. The van der Waals surface area contributed by atoms with Crippen molar-refractivity contribution in [3.8, 4) is 0 Å². The molecule has 8 heteroatoms. The molecule has 7 nitrogen and oxygen atoms in total. The number of carboxylic acid groups (broad SMARTS) is 2. The van der Waals surface area contributed by atoms with E-state index in [1.165, 1.54) is 0 Å². The van der Waals surface area contributed by atoms with Gasteiger partial charge in [-0.1, -0.05) is 23.7 Å². The normalized spacial score (nSPS) is 17.1. The predicted molar refractivity (Wildman–Crippen MR) is 88.1 cm³/mol. The Labute approximate surface area is 144 Å². The molecule has 2 rings (SSSR count). The van der Waals surface area contributed by atoms with Crippen molar-refractivity contribution in [1.82, 2.24) is 5.32 Å². The second-order valence-corrected chi connectivity index (χ2v) is 5.28. The van der Waals surface area contributed by atoms with Gasteiger partial charge in [0.05, 0.1) is 25.9 Å². The van der Waals surface area contributed by atoms with Crippen LogP contribution in [0, 0.1) is 0 Å². The third kappa shape index (κ3) is 9.96. The maximum Gasteiger partial charge on any atom is 0.328 e. The van der Waals surface area contributed by atoms with Crippen molar-refractivity contribution in [3.05, 3.63) is 47.0 Å². The van der Waals surface area contributed by atoms with Crippen LogP contribution in [-0.2, 0) is 25.7 Å². The molecule has 1 aliphatic heterocycles. The quantitative estimate of drug-likeness (QED) is 0.663. The van der Waals surface area contributed by atoms with Gasteiger partial charge in [-0.3, -0.25) is 0 Å². The number of hydrogen-bond acceptors (Lipinski definition) is 5. The van der Waals surface area contributed by atoms with Crippen LogP contribution in [-0.4, -0.2) is 54.6 Å². The first kappa shape index (κ1) is 20.1. The number of rotatable bonds is 6. The van der Waals surface area contributed by atoms with Crippen molar-refractivity contribution in [3.63, 3.8) is 0 Å². The zero-order valence-electron chi connectivity index (χ0n) is 13.0. The van der Waals surface area contributed by atoms with Crippen molar-refractivity contribution < 1.29 is 29.3 Å². The van der Waals surface area contributed by atoms with Crippen LogP contribution in [0.5, 0.6) is 0 Å². The van der Waals surface area contributed by atoms with Crippen LogP contribution in [0.15, 0.2) is 36.4 Å². The third-order valence-corrected chi connectivity index (χ3v) is 3.11. The number of carbonyl (C=O) groups is 2. The van der Waals surface area contributed by atoms with Gasteiger partial charge in [0.2, 0.25) is 0 Å². The van der Waals surface area contributed by atoms with Crippen LogP contribution in [0.2, 0.25) is 5.02 Å². The van der Waals surface area contributed by atoms with Crippen LogP contribution in [0.4, 0.5) is 0 Å². The predicted octanol–water partition coefficient (Wildman–Crippen LogP) is 1.56. The van der Waals surface area contributed by atoms with Crippen LogP contribution in [0.1, 0.15) is 5.56 Å². The Balaban J connectivity index is 0.000000307. The smallest absolute Gasteiger partial charge is 0.328 e. The zero-order valence-corrected chi connectivity index (χ0v) is 13.7. The van der Waals surface area contributed by atoms with E-state index in [0.29, 0.717) is 25.4 Å². The Kier molecular flexibility index (Phi) is 9.71. The lowest BCUT2D eigenvalue weighted by molar-refractivity contribution is -0.134. The van der Waals surface area contributed by atoms with E-state index in [-0.39, 0.29) is 6.10 Å². The highest BCUT2D eigenvalue weighted by atomic mass is 35.5. The molecule has 0 aromatic heterocycles. The molecule has 0 radical (unpaired) electrons. The topological polar surface area (TPSA) is 105 Å². The number of hydrogen-bond donors (Lipinski definition) is 3. The summed E-state index contributed by atoms with van der Waals surface area (Å²) >= 11 is 5.80. The Morgan fingerprint density at radius 1 is 1.25 bits per heavy atom. The molecule has 1 aromatic carbocycles. The van der Waals surface area contributed by atoms with E-state index in [2.05, 4.69) is 5.32 Å². The Morgan fingerprint density at radius 2 is 1.88 bits per heavy atom. The molecule has 24 heavy (non-hydrogen) atoms. The summed E-state index contributed by atoms with van der Waals surface area (Å²) in [7, 11) is 0. The minimum Gasteiger partial charge on any atom is -0.478 e. The monoisotopic (exact) mass is 357 g/mol. The van der Waals surface area contributed by atoms with Gasteiger partial charge >= 0.3 is 11.9 Å². The summed E-state index contributed by atoms with van der Waals surface area (Å²) in [6.45, 7) is 3.83. The SMILES string of the molecule is Clc1ccc(COCC2CNCCO2)cc1.O=C(O)C=CC(=O)O. The first-order chi connectivity index (χ1) is 11.5. The zero-order chi connectivity index (χ0) is 17.8. The summed E-state index contributed by atoms with van der Waals surface area (Å²) in [5, 5.41) is 19.6. The molecule has 0 bridgehead atoms. The highest BCUT2D eigenvalue weighted by Gasteiger charge is 2.12. The minimum atomic E-state index is -1.26. The lowest BCUT2D eigenvalue weighted by Gasteiger charge is -2.23. The molecule has 0 spiro atoms. The van der Waals surface area contributed by atoms with E-state index >= 15 is 0 Å². The number of ether oxygens (including phenoxy) is 2. The number of aliphatic carboxylic acids is 2. The summed E-state index contributed by atoms with van der Waals surface area (Å²) in [6, 6.07) is 7.70. The standard InChI is InChI=1S/C12H16ClNO2.C4H4O4/c13-11-3-1-10(2-4-11)8-15-9-12-7-14-5-6-16-12;5-3(6)1-2-4(7)8/h1-4,12,14H,5-9H2;1-2H,(H,5,6)(H,7,8). The fourth-order valence-electron chi connectivity index (χ4n) is 1.76. The molecule has 1 heterocycles. The van der Waals surface area contributed by atoms with Crippen molar-refractivity contribution >= 4 is 23.5 Å². The molecule has 132 valence electrons. The third-order valence-electron chi connectivity index (χ3n) is 2.86. The summed E-state index contributed by atoms with van der Waals surface area (Å²) in [4.78, 5) is 19.1. The fourth-order valence-corrected chi connectivity index (χ4v) is 1.88. The molecular weight excluding hydrogens is 338 g/mol. The highest BCUT2D eigenvalue weighted by molar-refractivity contribution is 6.30. The van der Waals surface area contributed by atoms with Crippen LogP contribution < -0.4 is 5.32 Å². The number of halogens is 1. The molecule has 1 fully saturated rings. The molecule has 3 N–H and O–H groups in total. The van der Waals surface area contributed by atoms with Crippen molar-refractivity contribution in [2.45, 2.75) is 12.7 Å². The number of benzene rings is 1. The summed E-state index contributed by atoms with van der Waals surface area (Å²) in [5.74, 6) is -2.51. The van der Waals surface area contributed by atoms with Gasteiger partial charge in [0.25, 0.3) is 0 Å². The second kappa shape index (κ2) is 11.6. The van der Waals surface area contributed by atoms with Gasteiger partial charge in [-0.05, 0) is 17.7 Å². The van der Waals surface area contributed by atoms with E-state index in [1.54, 1.807) is 0 Å². The molecule has 0 amide bonds. The maximum atomic E-state index is 9.55. The Morgan fingerprint density at radius 3 is 2.38 bits per heavy atom. The van der Waals surface area contributed by atoms with Crippen LogP contribution >= 0.6 is 11.6 Å². The average molecular weight is 358 g/mol. The molecule has 1 atom stereocenters. The molecular formula is C16H20ClNO6. The minimum absolute atomic E-state index is 0.182. The van der Waals surface area contributed by atoms with Gasteiger partial charge in [0.1, 0.15) is 0 Å². The first-order valence-corrected chi connectivity index (χ1v) is 7.63. The number of carboxylic acids is 2. The Hall–Kier alpha value is -1.93. The van der Waals surface area contributed by atoms with E-state index in [0.717, 1.165) is 30.3 Å². The van der Waals surface area contributed by atoms with E-state index < -0.39 is 11.9 Å². The fraction of sp³-hybridized carbons (Fsp3) is 0.375. The molecule has 0 saturated carbocycles. The summed E-state index contributed by atoms with van der Waals surface area (Å²) in [5.41, 5.74) is 1.13. The highest BCUT2D eigenvalue weighted by Crippen LogP contribution is 2.10. The lowest BCUT2D eigenvalue weighted by Crippen LogP contribution is -2.40. The number of nitrogens with one attached hydrogen (secondary N) is 1. The van der Waals surface area contributed by atoms with Crippen LogP contribution in [0.3, 0.4) is 0 Å². The average Bonchev–Trinajstić information content (AvgIpc) is 2.56. The van der Waals surface area contributed by atoms with E-state index in [1.807, 2.05) is 24.3 Å². The van der Waals surface area contributed by atoms with Gasteiger partial charge in [0.15, 0.2) is 0 Å². The molecule has 1 saturated heterocycles. The molecule has 1 aliphatic rings. The molecule has 1 unspecified atom stereocenters. The molecule has 1 aromatic rings. The molecule has 0 aliphatic carbocycles. The largest absolute Gasteiger partial charge is 0.478 e. The van der Waals surface area contributed by atoms with Gasteiger partial charge in [0, 0.05) is 30.3 Å². The van der Waals surface area contributed by atoms with Gasteiger partial charge in [-0.25, -0.2) is 9.59 Å². The van der Waals surface area contributed by atoms with E-state index in [9.17, 15) is 9.59 Å². The van der Waals surface area contributed by atoms with E-state index in [4.69, 9.17) is 31.3 Å². The second-order valence-electron chi connectivity index (χ2n) is 4.85. The maximum absolute atomic E-state index is 9.55. The van der Waals surface area contributed by atoms with Gasteiger partial charge < -0.3 is 25.0 Å². The van der Waals surface area contributed by atoms with Gasteiger partial charge in [-0.15, -0.1) is 0 Å².